The van der Waals surface area contributed by atoms with E-state index in [1.165, 1.54) is 0 Å². The minimum Gasteiger partial charge on any atom is -0.356 e. The lowest BCUT2D eigenvalue weighted by atomic mass is 10.1. The lowest BCUT2D eigenvalue weighted by Crippen LogP contribution is -2.31. The van der Waals surface area contributed by atoms with Crippen LogP contribution in [-0.4, -0.2) is 24.3 Å². The molecule has 3 N–H and O–H groups in total. The van der Waals surface area contributed by atoms with Gasteiger partial charge in [-0.25, -0.2) is 0 Å². The molecule has 0 saturated carbocycles. The first-order valence-electron chi connectivity index (χ1n) is 6.17. The molecular weight excluding hydrogens is 282 g/mol. The summed E-state index contributed by atoms with van der Waals surface area (Å²) in [4.78, 5) is 34.2. The van der Waals surface area contributed by atoms with E-state index in [-0.39, 0.29) is 12.3 Å². The van der Waals surface area contributed by atoms with E-state index in [9.17, 15) is 14.4 Å². The first-order chi connectivity index (χ1) is 9.56. The topological polar surface area (TPSA) is 87.3 Å². The van der Waals surface area contributed by atoms with Crippen LogP contribution in [0.3, 0.4) is 0 Å². The lowest BCUT2D eigenvalue weighted by Gasteiger charge is -2.07. The third-order valence-corrected chi connectivity index (χ3v) is 3.23. The van der Waals surface area contributed by atoms with Crippen molar-refractivity contribution in [1.29, 1.82) is 0 Å². The molecule has 0 bridgehead atoms. The van der Waals surface area contributed by atoms with Gasteiger partial charge in [0.2, 0.25) is 5.91 Å². The zero-order valence-electron chi connectivity index (χ0n) is 10.6. The Morgan fingerprint density at radius 1 is 1.15 bits per heavy atom. The normalized spacial score (nSPS) is 14.8. The van der Waals surface area contributed by atoms with Gasteiger partial charge in [0.15, 0.2) is 0 Å². The zero-order valence-corrected chi connectivity index (χ0v) is 11.4. The number of carbonyl (C=O) groups excluding carboxylic acids is 3. The van der Waals surface area contributed by atoms with Crippen LogP contribution in [0.1, 0.15) is 12.0 Å². The molecule has 0 atom stereocenters. The third kappa shape index (κ3) is 3.71. The molecule has 1 aliphatic rings. The molecule has 1 fully saturated rings. The smallest absolute Gasteiger partial charge is 0.251 e. The van der Waals surface area contributed by atoms with Gasteiger partial charge in [-0.2, -0.15) is 0 Å². The highest BCUT2D eigenvalue weighted by Crippen LogP contribution is 2.10. The molecule has 1 aliphatic heterocycles. The molecule has 6 nitrogen and oxygen atoms in total. The van der Waals surface area contributed by atoms with Crippen LogP contribution < -0.4 is 16.2 Å². The van der Waals surface area contributed by atoms with E-state index in [1.54, 1.807) is 12.1 Å². The number of hydrogen-bond donors (Lipinski definition) is 3. The molecule has 2 rings (SSSR count). The van der Waals surface area contributed by atoms with Crippen LogP contribution in [0.2, 0.25) is 5.02 Å². The van der Waals surface area contributed by atoms with Gasteiger partial charge < -0.3 is 5.32 Å². The highest BCUT2D eigenvalue weighted by atomic mass is 35.5. The first-order valence-corrected chi connectivity index (χ1v) is 6.55. The lowest BCUT2D eigenvalue weighted by molar-refractivity contribution is -0.133. The fourth-order valence-corrected chi connectivity index (χ4v) is 1.98. The van der Waals surface area contributed by atoms with Crippen molar-refractivity contribution in [2.24, 2.45) is 5.92 Å². The summed E-state index contributed by atoms with van der Waals surface area (Å²) < 4.78 is 0. The molecule has 1 aromatic rings. The summed E-state index contributed by atoms with van der Waals surface area (Å²) in [7, 11) is 0. The van der Waals surface area contributed by atoms with E-state index in [2.05, 4.69) is 16.2 Å². The minimum atomic E-state index is -0.939. The van der Waals surface area contributed by atoms with Crippen LogP contribution in [0.5, 0.6) is 0 Å². The summed E-state index contributed by atoms with van der Waals surface area (Å²) in [5, 5.41) is 3.34. The maximum atomic E-state index is 11.6. The van der Waals surface area contributed by atoms with Gasteiger partial charge in [-0.15, -0.1) is 0 Å². The molecule has 106 valence electrons. The van der Waals surface area contributed by atoms with Crippen LogP contribution in [0, 0.1) is 5.92 Å². The van der Waals surface area contributed by atoms with Crippen LogP contribution >= 0.6 is 11.6 Å². The summed E-state index contributed by atoms with van der Waals surface area (Å²) in [6.45, 7) is 0.441. The van der Waals surface area contributed by atoms with Crippen molar-refractivity contribution in [3.63, 3.8) is 0 Å². The number of carbonyl (C=O) groups is 3. The van der Waals surface area contributed by atoms with Crippen molar-refractivity contribution in [3.05, 3.63) is 34.9 Å². The number of rotatable bonds is 5. The molecule has 0 aliphatic carbocycles. The molecule has 20 heavy (non-hydrogen) atoms. The molecule has 0 aromatic heterocycles. The number of nitrogens with one attached hydrogen (secondary N) is 3. The predicted octanol–water partition coefficient (Wildman–Crippen LogP) is 0.166. The molecule has 0 spiro atoms. The maximum absolute atomic E-state index is 11.6. The van der Waals surface area contributed by atoms with Crippen LogP contribution in [-0.2, 0) is 20.8 Å². The largest absolute Gasteiger partial charge is 0.356 e. The fourth-order valence-electron chi connectivity index (χ4n) is 1.86. The van der Waals surface area contributed by atoms with Gasteiger partial charge in [-0.1, -0.05) is 23.7 Å². The predicted molar refractivity (Wildman–Crippen MR) is 72.6 cm³/mol. The van der Waals surface area contributed by atoms with Crippen molar-refractivity contribution in [1.82, 2.24) is 16.2 Å². The van der Waals surface area contributed by atoms with Crippen LogP contribution in [0.25, 0.3) is 0 Å². The Bertz CT molecular complexity index is 514. The Hall–Kier alpha value is -2.08. The summed E-state index contributed by atoms with van der Waals surface area (Å²) in [6, 6.07) is 7.33. The van der Waals surface area contributed by atoms with Crippen molar-refractivity contribution < 1.29 is 14.4 Å². The summed E-state index contributed by atoms with van der Waals surface area (Å²) in [5.74, 6) is -2.20. The second-order valence-electron chi connectivity index (χ2n) is 4.46. The van der Waals surface area contributed by atoms with Gasteiger partial charge in [0, 0.05) is 18.0 Å². The second kappa shape index (κ2) is 6.38. The molecule has 0 unspecified atom stereocenters. The molecular formula is C13H14ClN3O3. The molecule has 3 amide bonds. The number of benzene rings is 1. The van der Waals surface area contributed by atoms with E-state index < -0.39 is 17.7 Å². The monoisotopic (exact) mass is 295 g/mol. The van der Waals surface area contributed by atoms with Gasteiger partial charge >= 0.3 is 0 Å². The van der Waals surface area contributed by atoms with Crippen molar-refractivity contribution in [3.8, 4) is 0 Å². The van der Waals surface area contributed by atoms with Gasteiger partial charge in [-0.3, -0.25) is 25.2 Å². The van der Waals surface area contributed by atoms with E-state index in [0.29, 0.717) is 18.0 Å². The summed E-state index contributed by atoms with van der Waals surface area (Å²) in [5.41, 5.74) is 5.41. The highest BCUT2D eigenvalue weighted by molar-refractivity contribution is 6.30. The average molecular weight is 296 g/mol. The average Bonchev–Trinajstić information content (AvgIpc) is 2.73. The summed E-state index contributed by atoms with van der Waals surface area (Å²) >= 11 is 5.77. The fraction of sp³-hybridized carbons (Fsp3) is 0.308. The van der Waals surface area contributed by atoms with E-state index in [1.807, 2.05) is 12.1 Å². The van der Waals surface area contributed by atoms with Crippen molar-refractivity contribution >= 4 is 29.3 Å². The van der Waals surface area contributed by atoms with Crippen LogP contribution in [0.4, 0.5) is 0 Å². The number of halogens is 1. The second-order valence-corrected chi connectivity index (χ2v) is 4.90. The maximum Gasteiger partial charge on any atom is 0.251 e. The molecule has 1 aromatic carbocycles. The Labute approximate surface area is 120 Å². The summed E-state index contributed by atoms with van der Waals surface area (Å²) in [6.07, 6.45) is 0.518. The van der Waals surface area contributed by atoms with Gasteiger partial charge in [0.05, 0.1) is 0 Å². The van der Waals surface area contributed by atoms with Gasteiger partial charge in [0.25, 0.3) is 11.8 Å². The molecule has 0 radical (unpaired) electrons. The first kappa shape index (κ1) is 14.3. The number of amides is 3. The molecule has 1 saturated heterocycles. The molecule has 1 heterocycles. The highest BCUT2D eigenvalue weighted by Gasteiger charge is 2.34. The van der Waals surface area contributed by atoms with E-state index in [0.717, 1.165) is 5.56 Å². The Kier molecular flexibility index (Phi) is 4.57. The Morgan fingerprint density at radius 2 is 1.75 bits per heavy atom. The van der Waals surface area contributed by atoms with Crippen molar-refractivity contribution in [2.45, 2.75) is 12.8 Å². The quantitative estimate of drug-likeness (QED) is 0.677. The molecule has 7 heteroatoms. The van der Waals surface area contributed by atoms with Crippen molar-refractivity contribution in [2.75, 3.05) is 6.54 Å². The number of hydrogen-bond acceptors (Lipinski definition) is 3. The van der Waals surface area contributed by atoms with E-state index in [4.69, 9.17) is 11.6 Å². The van der Waals surface area contributed by atoms with E-state index >= 15 is 0 Å². The number of hydrazine groups is 1. The Balaban J connectivity index is 1.74. The Morgan fingerprint density at radius 3 is 2.35 bits per heavy atom. The van der Waals surface area contributed by atoms with Gasteiger partial charge in [0.1, 0.15) is 5.92 Å². The zero-order chi connectivity index (χ0) is 14.5. The third-order valence-electron chi connectivity index (χ3n) is 2.98. The SMILES string of the molecule is O=C(CC1C(=O)NNC1=O)NCCc1ccc(Cl)cc1. The standard InChI is InChI=1S/C13H14ClN3O3/c14-9-3-1-8(2-4-9)5-6-15-11(18)7-10-12(19)16-17-13(10)20/h1-4,10H,5-7H2,(H,15,18)(H,16,19)(H,17,20). The van der Waals surface area contributed by atoms with Crippen LogP contribution in [0.15, 0.2) is 24.3 Å². The van der Waals surface area contributed by atoms with Gasteiger partial charge in [-0.05, 0) is 24.1 Å². The minimum absolute atomic E-state index is 0.141.